The summed E-state index contributed by atoms with van der Waals surface area (Å²) in [7, 11) is 0. The zero-order valence-electron chi connectivity index (χ0n) is 30.2. The summed E-state index contributed by atoms with van der Waals surface area (Å²) in [6.45, 7) is 4.72. The van der Waals surface area contributed by atoms with Crippen LogP contribution in [-0.2, 0) is 5.41 Å². The van der Waals surface area contributed by atoms with Gasteiger partial charge in [0.15, 0.2) is 0 Å². The van der Waals surface area contributed by atoms with E-state index in [0.717, 1.165) is 17.3 Å². The van der Waals surface area contributed by atoms with Crippen molar-refractivity contribution in [2.24, 2.45) is 0 Å². The highest BCUT2D eigenvalue weighted by atomic mass is 15.1. The van der Waals surface area contributed by atoms with Gasteiger partial charge in [-0.05, 0) is 116 Å². The third-order valence-electron chi connectivity index (χ3n) is 11.7. The number of anilines is 3. The summed E-state index contributed by atoms with van der Waals surface area (Å²) in [5, 5.41) is 0. The van der Waals surface area contributed by atoms with Crippen molar-refractivity contribution < 1.29 is 0 Å². The van der Waals surface area contributed by atoms with Crippen molar-refractivity contribution in [3.8, 4) is 44.5 Å². The molecule has 2 aliphatic carbocycles. The number of fused-ring (bicyclic) bond motifs is 3. The van der Waals surface area contributed by atoms with E-state index >= 15 is 0 Å². The fraction of sp³-hybridized carbons (Fsp3) is 0.176. The van der Waals surface area contributed by atoms with Crippen molar-refractivity contribution in [2.75, 3.05) is 4.90 Å². The van der Waals surface area contributed by atoms with Crippen LogP contribution in [0.25, 0.3) is 44.5 Å². The Bertz CT molecular complexity index is 2320. The van der Waals surface area contributed by atoms with E-state index in [0.29, 0.717) is 0 Å². The molecule has 2 aliphatic rings. The van der Waals surface area contributed by atoms with E-state index < -0.39 is 0 Å². The minimum Gasteiger partial charge on any atom is -0.310 e. The molecular weight excluding hydrogens is 627 g/mol. The first-order valence-corrected chi connectivity index (χ1v) is 19.0. The van der Waals surface area contributed by atoms with Gasteiger partial charge in [-0.15, -0.1) is 0 Å². The first kappa shape index (κ1) is 32.3. The summed E-state index contributed by atoms with van der Waals surface area (Å²) in [5.74, 6) is 0.724. The van der Waals surface area contributed by atoms with Gasteiger partial charge in [0.25, 0.3) is 0 Å². The van der Waals surface area contributed by atoms with Crippen LogP contribution >= 0.6 is 0 Å². The SMILES string of the molecule is CC1(C)c2ccccc2-c2ccc(N(c3ccc(-c4ccc(C5CCCCC5)cc4)cc3)c3ccc(-c4ccccc4-c4ccccc4)cc3)cc21. The number of hydrogen-bond acceptors (Lipinski definition) is 1. The lowest BCUT2D eigenvalue weighted by Gasteiger charge is -2.28. The number of benzene rings is 7. The third kappa shape index (κ3) is 5.85. The standard InChI is InChI=1S/C51H45N/c1-51(2)49-20-12-11-19-47(49)48-34-33-44(35-50(48)51)52(42-29-25-39(26-30-42)38-23-21-37(22-24-38)36-13-5-3-6-14-36)43-31-27-41(28-32-43)46-18-10-9-17-45(46)40-15-7-4-8-16-40/h4,7-12,15-36H,3,5-6,13-14H2,1-2H3. The van der Waals surface area contributed by atoms with E-state index in [1.807, 2.05) is 0 Å². The summed E-state index contributed by atoms with van der Waals surface area (Å²) in [6, 6.07) is 63.0. The number of hydrogen-bond donors (Lipinski definition) is 0. The highest BCUT2D eigenvalue weighted by Crippen LogP contribution is 2.50. The Hall–Kier alpha value is -5.66. The second-order valence-corrected chi connectivity index (χ2v) is 15.2. The molecule has 7 aromatic carbocycles. The Morgan fingerprint density at radius 1 is 0.404 bits per heavy atom. The largest absolute Gasteiger partial charge is 0.310 e. The van der Waals surface area contributed by atoms with E-state index in [-0.39, 0.29) is 5.41 Å². The smallest absolute Gasteiger partial charge is 0.0465 e. The molecule has 0 atom stereocenters. The molecule has 1 heteroatoms. The Morgan fingerprint density at radius 3 is 1.52 bits per heavy atom. The van der Waals surface area contributed by atoms with Crippen molar-refractivity contribution in [3.05, 3.63) is 187 Å². The topological polar surface area (TPSA) is 3.24 Å². The van der Waals surface area contributed by atoms with Crippen molar-refractivity contribution in [2.45, 2.75) is 57.3 Å². The average molecular weight is 672 g/mol. The van der Waals surface area contributed by atoms with Gasteiger partial charge in [0.2, 0.25) is 0 Å². The van der Waals surface area contributed by atoms with Crippen molar-refractivity contribution >= 4 is 17.1 Å². The highest BCUT2D eigenvalue weighted by molar-refractivity contribution is 5.88. The molecule has 52 heavy (non-hydrogen) atoms. The molecule has 0 amide bonds. The van der Waals surface area contributed by atoms with E-state index in [4.69, 9.17) is 0 Å². The van der Waals surface area contributed by atoms with Crippen molar-refractivity contribution in [3.63, 3.8) is 0 Å². The second-order valence-electron chi connectivity index (χ2n) is 15.2. The van der Waals surface area contributed by atoms with Crippen LogP contribution in [0.4, 0.5) is 17.1 Å². The molecule has 0 heterocycles. The maximum atomic E-state index is 2.42. The fourth-order valence-electron chi connectivity index (χ4n) is 8.86. The lowest BCUT2D eigenvalue weighted by Crippen LogP contribution is -2.16. The molecular formula is C51H45N. The van der Waals surface area contributed by atoms with Gasteiger partial charge in [-0.1, -0.05) is 167 Å². The Kier molecular flexibility index (Phi) is 8.36. The van der Waals surface area contributed by atoms with Crippen LogP contribution in [0.15, 0.2) is 170 Å². The normalized spacial score (nSPS) is 14.8. The third-order valence-corrected chi connectivity index (χ3v) is 11.7. The minimum atomic E-state index is -0.0771. The van der Waals surface area contributed by atoms with Gasteiger partial charge in [-0.3, -0.25) is 0 Å². The summed E-state index contributed by atoms with van der Waals surface area (Å²) in [6.07, 6.45) is 6.78. The molecule has 254 valence electrons. The van der Waals surface area contributed by atoms with Crippen molar-refractivity contribution in [1.29, 1.82) is 0 Å². The van der Waals surface area contributed by atoms with Crippen LogP contribution in [0, 0.1) is 0 Å². The summed E-state index contributed by atoms with van der Waals surface area (Å²) >= 11 is 0. The number of rotatable bonds is 7. The van der Waals surface area contributed by atoms with E-state index in [9.17, 15) is 0 Å². The molecule has 9 rings (SSSR count). The zero-order chi connectivity index (χ0) is 35.1. The van der Waals surface area contributed by atoms with Gasteiger partial charge in [0.1, 0.15) is 0 Å². The lowest BCUT2D eigenvalue weighted by atomic mass is 9.82. The molecule has 0 saturated heterocycles. The first-order chi connectivity index (χ1) is 25.5. The van der Waals surface area contributed by atoms with Crippen LogP contribution < -0.4 is 4.90 Å². The molecule has 0 bridgehead atoms. The maximum absolute atomic E-state index is 2.42. The van der Waals surface area contributed by atoms with E-state index in [1.165, 1.54) is 99.0 Å². The molecule has 1 saturated carbocycles. The van der Waals surface area contributed by atoms with Crippen LogP contribution in [-0.4, -0.2) is 0 Å². The molecule has 0 N–H and O–H groups in total. The lowest BCUT2D eigenvalue weighted by molar-refractivity contribution is 0.443. The molecule has 0 aliphatic heterocycles. The monoisotopic (exact) mass is 671 g/mol. The van der Waals surface area contributed by atoms with E-state index in [2.05, 4.69) is 189 Å². The van der Waals surface area contributed by atoms with Gasteiger partial charge in [0.05, 0.1) is 0 Å². The van der Waals surface area contributed by atoms with Crippen molar-refractivity contribution in [1.82, 2.24) is 0 Å². The molecule has 0 aromatic heterocycles. The Balaban J connectivity index is 1.09. The zero-order valence-corrected chi connectivity index (χ0v) is 30.2. The molecule has 1 fully saturated rings. The fourth-order valence-corrected chi connectivity index (χ4v) is 8.86. The predicted molar refractivity (Wildman–Crippen MR) is 221 cm³/mol. The Labute approximate surface area is 309 Å². The molecule has 0 unspecified atom stereocenters. The average Bonchev–Trinajstić information content (AvgIpc) is 3.45. The Morgan fingerprint density at radius 2 is 0.885 bits per heavy atom. The summed E-state index contributed by atoms with van der Waals surface area (Å²) in [4.78, 5) is 2.42. The molecule has 7 aromatic rings. The predicted octanol–water partition coefficient (Wildman–Crippen LogP) is 14.5. The first-order valence-electron chi connectivity index (χ1n) is 19.0. The second kappa shape index (κ2) is 13.5. The summed E-state index contributed by atoms with van der Waals surface area (Å²) in [5.41, 5.74) is 17.8. The van der Waals surface area contributed by atoms with Gasteiger partial charge < -0.3 is 4.90 Å². The highest BCUT2D eigenvalue weighted by Gasteiger charge is 2.35. The molecule has 0 radical (unpaired) electrons. The quantitative estimate of drug-likeness (QED) is 0.163. The van der Waals surface area contributed by atoms with E-state index in [1.54, 1.807) is 0 Å². The van der Waals surface area contributed by atoms with Crippen LogP contribution in [0.1, 0.15) is 68.6 Å². The number of nitrogens with zero attached hydrogens (tertiary/aromatic N) is 1. The van der Waals surface area contributed by atoms with Gasteiger partial charge in [-0.25, -0.2) is 0 Å². The maximum Gasteiger partial charge on any atom is 0.0465 e. The minimum absolute atomic E-state index is 0.0771. The van der Waals surface area contributed by atoms with Crippen LogP contribution in [0.5, 0.6) is 0 Å². The van der Waals surface area contributed by atoms with Gasteiger partial charge in [0, 0.05) is 22.5 Å². The van der Waals surface area contributed by atoms with Gasteiger partial charge in [-0.2, -0.15) is 0 Å². The van der Waals surface area contributed by atoms with Gasteiger partial charge >= 0.3 is 0 Å². The molecule has 1 nitrogen and oxygen atoms in total. The summed E-state index contributed by atoms with van der Waals surface area (Å²) < 4.78 is 0. The molecule has 0 spiro atoms. The van der Waals surface area contributed by atoms with Crippen LogP contribution in [0.2, 0.25) is 0 Å². The van der Waals surface area contributed by atoms with Crippen LogP contribution in [0.3, 0.4) is 0 Å².